The fourth-order valence-corrected chi connectivity index (χ4v) is 4.82. The van der Waals surface area contributed by atoms with E-state index in [0.717, 1.165) is 26.4 Å². The number of aromatic nitrogens is 3. The lowest BCUT2D eigenvalue weighted by atomic mass is 10.1. The van der Waals surface area contributed by atoms with Gasteiger partial charge in [0.15, 0.2) is 0 Å². The first-order valence-electron chi connectivity index (χ1n) is 6.44. The van der Waals surface area contributed by atoms with Gasteiger partial charge in [0.2, 0.25) is 0 Å². The van der Waals surface area contributed by atoms with Crippen molar-refractivity contribution in [2.24, 2.45) is 0 Å². The monoisotopic (exact) mass is 329 g/mol. The molecule has 21 heavy (non-hydrogen) atoms. The van der Waals surface area contributed by atoms with Gasteiger partial charge in [-0.05, 0) is 59.4 Å². The van der Waals surface area contributed by atoms with Gasteiger partial charge in [0.1, 0.15) is 11.2 Å². The molecule has 0 radical (unpaired) electrons. The molecular formula is C15H11N3S3. The second kappa shape index (κ2) is 4.98. The van der Waals surface area contributed by atoms with Crippen molar-refractivity contribution >= 4 is 44.4 Å². The standard InChI is InChI=1S/C15H11N3S3/c1-8-3-11(19-6-8)10-5-16-13(12-4-9(2)7-20-12)14-15(10)21-18-17-14/h3-7H,1-2H3. The molecule has 0 N–H and O–H groups in total. The van der Waals surface area contributed by atoms with Gasteiger partial charge in [-0.1, -0.05) is 4.49 Å². The molecule has 104 valence electrons. The third-order valence-electron chi connectivity index (χ3n) is 3.24. The predicted octanol–water partition coefficient (Wildman–Crippen LogP) is 5.16. The van der Waals surface area contributed by atoms with Crippen molar-refractivity contribution in [3.8, 4) is 21.0 Å². The van der Waals surface area contributed by atoms with Crippen LogP contribution in [-0.2, 0) is 0 Å². The topological polar surface area (TPSA) is 38.7 Å². The van der Waals surface area contributed by atoms with Crippen LogP contribution in [0.25, 0.3) is 31.2 Å². The maximum atomic E-state index is 4.67. The van der Waals surface area contributed by atoms with Crippen LogP contribution >= 0.6 is 34.2 Å². The maximum Gasteiger partial charge on any atom is 0.133 e. The van der Waals surface area contributed by atoms with Gasteiger partial charge in [0.25, 0.3) is 0 Å². The van der Waals surface area contributed by atoms with Crippen molar-refractivity contribution in [3.63, 3.8) is 0 Å². The molecular weight excluding hydrogens is 318 g/mol. The second-order valence-corrected chi connectivity index (χ2v) is 7.52. The Hall–Kier alpha value is -1.63. The normalized spacial score (nSPS) is 11.3. The summed E-state index contributed by atoms with van der Waals surface area (Å²) < 4.78 is 5.27. The summed E-state index contributed by atoms with van der Waals surface area (Å²) in [5.74, 6) is 0. The lowest BCUT2D eigenvalue weighted by Gasteiger charge is -2.02. The number of hydrogen-bond acceptors (Lipinski definition) is 6. The molecule has 4 aromatic heterocycles. The van der Waals surface area contributed by atoms with Gasteiger partial charge in [0, 0.05) is 16.6 Å². The van der Waals surface area contributed by atoms with Crippen LogP contribution in [0.3, 0.4) is 0 Å². The van der Waals surface area contributed by atoms with E-state index in [2.05, 4.69) is 51.3 Å². The Bertz CT molecular complexity index is 858. The molecule has 4 heterocycles. The van der Waals surface area contributed by atoms with Crippen LogP contribution in [0, 0.1) is 13.8 Å². The van der Waals surface area contributed by atoms with Gasteiger partial charge >= 0.3 is 0 Å². The van der Waals surface area contributed by atoms with Gasteiger partial charge in [0.05, 0.1) is 9.58 Å². The summed E-state index contributed by atoms with van der Waals surface area (Å²) in [7, 11) is 0. The van der Waals surface area contributed by atoms with Crippen LogP contribution in [0.5, 0.6) is 0 Å². The molecule has 0 aliphatic carbocycles. The van der Waals surface area contributed by atoms with Crippen molar-refractivity contribution in [2.75, 3.05) is 0 Å². The molecule has 0 spiro atoms. The van der Waals surface area contributed by atoms with Crippen molar-refractivity contribution in [1.82, 2.24) is 14.6 Å². The van der Waals surface area contributed by atoms with Crippen LogP contribution in [0.4, 0.5) is 0 Å². The molecule has 0 atom stereocenters. The number of rotatable bonds is 2. The highest BCUT2D eigenvalue weighted by molar-refractivity contribution is 7.16. The Kier molecular flexibility index (Phi) is 3.10. The number of hydrogen-bond donors (Lipinski definition) is 0. The molecule has 0 bridgehead atoms. The maximum absolute atomic E-state index is 4.67. The third kappa shape index (κ3) is 2.19. The van der Waals surface area contributed by atoms with E-state index in [4.69, 9.17) is 0 Å². The largest absolute Gasteiger partial charge is 0.252 e. The van der Waals surface area contributed by atoms with Gasteiger partial charge in [-0.3, -0.25) is 4.98 Å². The summed E-state index contributed by atoms with van der Waals surface area (Å²) in [6, 6.07) is 4.34. The van der Waals surface area contributed by atoms with Crippen LogP contribution in [0.1, 0.15) is 11.1 Å². The molecule has 0 aliphatic rings. The Morgan fingerprint density at radius 3 is 2.33 bits per heavy atom. The Labute approximate surface area is 134 Å². The zero-order valence-electron chi connectivity index (χ0n) is 11.5. The summed E-state index contributed by atoms with van der Waals surface area (Å²) in [4.78, 5) is 7.05. The van der Waals surface area contributed by atoms with Crippen molar-refractivity contribution in [3.05, 3.63) is 40.2 Å². The first-order valence-corrected chi connectivity index (χ1v) is 8.98. The number of aryl methyl sites for hydroxylation is 2. The first kappa shape index (κ1) is 13.1. The zero-order chi connectivity index (χ0) is 14.4. The lowest BCUT2D eigenvalue weighted by molar-refractivity contribution is 1.19. The predicted molar refractivity (Wildman–Crippen MR) is 91.3 cm³/mol. The molecule has 4 aromatic rings. The van der Waals surface area contributed by atoms with E-state index in [1.54, 1.807) is 22.7 Å². The second-order valence-electron chi connectivity index (χ2n) is 4.95. The molecule has 0 fully saturated rings. The summed E-state index contributed by atoms with van der Waals surface area (Å²) >= 11 is 4.89. The number of pyridine rings is 1. The average molecular weight is 329 g/mol. The van der Waals surface area contributed by atoms with Gasteiger partial charge in [-0.2, -0.15) is 0 Å². The molecule has 0 aliphatic heterocycles. The van der Waals surface area contributed by atoms with E-state index in [1.807, 2.05) is 6.20 Å². The molecule has 0 saturated carbocycles. The summed E-state index contributed by atoms with van der Waals surface area (Å²) in [6.45, 7) is 4.21. The molecule has 4 rings (SSSR count). The minimum atomic E-state index is 0.908. The van der Waals surface area contributed by atoms with E-state index in [9.17, 15) is 0 Å². The van der Waals surface area contributed by atoms with Gasteiger partial charge in [-0.15, -0.1) is 27.8 Å². The Morgan fingerprint density at radius 1 is 0.952 bits per heavy atom. The van der Waals surface area contributed by atoms with E-state index in [1.165, 1.54) is 27.5 Å². The summed E-state index contributed by atoms with van der Waals surface area (Å²) in [6.07, 6.45) is 1.96. The molecule has 0 amide bonds. The summed E-state index contributed by atoms with van der Waals surface area (Å²) in [5.41, 5.74) is 5.51. The lowest BCUT2D eigenvalue weighted by Crippen LogP contribution is -1.85. The third-order valence-corrected chi connectivity index (χ3v) is 6.13. The SMILES string of the molecule is Cc1csc(-c2ncc(-c3cc(C)cs3)c3snnc23)c1. The van der Waals surface area contributed by atoms with Crippen LogP contribution in [0.15, 0.2) is 29.1 Å². The van der Waals surface area contributed by atoms with Crippen molar-refractivity contribution in [2.45, 2.75) is 13.8 Å². The number of thiophene rings is 2. The smallest absolute Gasteiger partial charge is 0.133 e. The molecule has 0 aromatic carbocycles. The van der Waals surface area contributed by atoms with Crippen LogP contribution in [-0.4, -0.2) is 14.6 Å². The fourth-order valence-electron chi connectivity index (χ4n) is 2.25. The van der Waals surface area contributed by atoms with Crippen molar-refractivity contribution in [1.29, 1.82) is 0 Å². The average Bonchev–Trinajstić information content (AvgIpc) is 3.18. The van der Waals surface area contributed by atoms with Gasteiger partial charge < -0.3 is 0 Å². The van der Waals surface area contributed by atoms with Crippen molar-refractivity contribution < 1.29 is 0 Å². The van der Waals surface area contributed by atoms with Crippen LogP contribution < -0.4 is 0 Å². The van der Waals surface area contributed by atoms with E-state index < -0.39 is 0 Å². The Morgan fingerprint density at radius 2 is 1.67 bits per heavy atom. The summed E-state index contributed by atoms with van der Waals surface area (Å²) in [5, 5.41) is 8.61. The number of fused-ring (bicyclic) bond motifs is 1. The molecule has 0 saturated heterocycles. The minimum absolute atomic E-state index is 0.908. The van der Waals surface area contributed by atoms with Crippen LogP contribution in [0.2, 0.25) is 0 Å². The zero-order valence-corrected chi connectivity index (χ0v) is 13.9. The highest BCUT2D eigenvalue weighted by atomic mass is 32.1. The number of nitrogens with zero attached hydrogens (tertiary/aromatic N) is 3. The highest BCUT2D eigenvalue weighted by Crippen LogP contribution is 2.38. The fraction of sp³-hybridized carbons (Fsp3) is 0.133. The minimum Gasteiger partial charge on any atom is -0.252 e. The highest BCUT2D eigenvalue weighted by Gasteiger charge is 2.16. The molecule has 0 unspecified atom stereocenters. The first-order chi connectivity index (χ1) is 10.2. The molecule has 3 nitrogen and oxygen atoms in total. The van der Waals surface area contributed by atoms with E-state index >= 15 is 0 Å². The molecule has 6 heteroatoms. The van der Waals surface area contributed by atoms with Gasteiger partial charge in [-0.25, -0.2) is 0 Å². The van der Waals surface area contributed by atoms with E-state index in [-0.39, 0.29) is 0 Å². The quantitative estimate of drug-likeness (QED) is 0.510. The Balaban J connectivity index is 1.96. The van der Waals surface area contributed by atoms with E-state index in [0.29, 0.717) is 0 Å².